The number of rotatable bonds is 8. The summed E-state index contributed by atoms with van der Waals surface area (Å²) in [5.74, 6) is 0.415. The van der Waals surface area contributed by atoms with Crippen LogP contribution in [0.1, 0.15) is 55.8 Å². The van der Waals surface area contributed by atoms with Gasteiger partial charge in [-0.3, -0.25) is 4.79 Å². The van der Waals surface area contributed by atoms with Crippen LogP contribution in [0, 0.1) is 0 Å². The number of aromatic nitrogens is 1. The summed E-state index contributed by atoms with van der Waals surface area (Å²) in [7, 11) is 0. The Labute approximate surface area is 120 Å². The maximum Gasteiger partial charge on any atom is 0.289 e. The summed E-state index contributed by atoms with van der Waals surface area (Å²) in [5, 5.41) is 9.92. The van der Waals surface area contributed by atoms with E-state index in [-0.39, 0.29) is 18.3 Å². The van der Waals surface area contributed by atoms with Crippen LogP contribution in [0.3, 0.4) is 0 Å². The predicted molar refractivity (Wildman–Crippen MR) is 78.0 cm³/mol. The lowest BCUT2D eigenvalue weighted by Gasteiger charge is -2.03. The van der Waals surface area contributed by atoms with Crippen molar-refractivity contribution in [2.75, 3.05) is 19.6 Å². The van der Waals surface area contributed by atoms with Crippen molar-refractivity contribution in [3.05, 3.63) is 17.5 Å². The molecule has 0 aliphatic carbocycles. The van der Waals surface area contributed by atoms with Gasteiger partial charge in [0.05, 0.1) is 5.69 Å². The minimum Gasteiger partial charge on any atom is -0.351 e. The normalized spacial score (nSPS) is 11.7. The molecule has 5 nitrogen and oxygen atoms in total. The van der Waals surface area contributed by atoms with E-state index in [0.29, 0.717) is 18.2 Å². The number of nitrogens with one attached hydrogen (secondary N) is 2. The number of carbonyl (C=O) groups is 1. The lowest BCUT2D eigenvalue weighted by Crippen LogP contribution is -2.31. The van der Waals surface area contributed by atoms with Gasteiger partial charge in [0.2, 0.25) is 5.76 Å². The summed E-state index contributed by atoms with van der Waals surface area (Å²) < 4.78 is 5.05. The molecule has 1 aromatic heterocycles. The summed E-state index contributed by atoms with van der Waals surface area (Å²) >= 11 is 0. The zero-order chi connectivity index (χ0) is 13.4. The Bertz CT molecular complexity index is 369. The molecule has 19 heavy (non-hydrogen) atoms. The van der Waals surface area contributed by atoms with Crippen molar-refractivity contribution in [2.24, 2.45) is 0 Å². The van der Waals surface area contributed by atoms with Crippen LogP contribution in [-0.4, -0.2) is 30.7 Å². The van der Waals surface area contributed by atoms with E-state index in [1.165, 1.54) is 0 Å². The summed E-state index contributed by atoms with van der Waals surface area (Å²) in [6, 6.07) is 1.73. The molecule has 1 amide bonds. The summed E-state index contributed by atoms with van der Waals surface area (Å²) in [5.41, 5.74) is 0.840. The lowest BCUT2D eigenvalue weighted by atomic mass is 10.1. The van der Waals surface area contributed by atoms with Gasteiger partial charge in [0.15, 0.2) is 0 Å². The molecular formula is C13H24ClN3O2. The number of carbonyl (C=O) groups excluding carboxylic acids is 1. The quantitative estimate of drug-likeness (QED) is 0.721. The molecule has 1 atom stereocenters. The monoisotopic (exact) mass is 289 g/mol. The summed E-state index contributed by atoms with van der Waals surface area (Å²) in [6.45, 7) is 8.59. The first-order chi connectivity index (χ1) is 8.69. The second-order valence-electron chi connectivity index (χ2n) is 4.43. The standard InChI is InChI=1S/C13H23N3O2.ClH/c1-4-6-14-7-8-15-13(17)12-9-11(16-18-12)10(3)5-2;/h9-10,14H,4-8H2,1-3H3,(H,15,17);1H. The average molecular weight is 290 g/mol. The molecule has 0 aromatic carbocycles. The SMILES string of the molecule is CCCNCCNC(=O)c1cc(C(C)CC)no1.Cl. The molecule has 0 aliphatic heterocycles. The van der Waals surface area contributed by atoms with E-state index in [9.17, 15) is 4.79 Å². The van der Waals surface area contributed by atoms with Gasteiger partial charge in [-0.15, -0.1) is 12.4 Å². The second kappa shape index (κ2) is 9.81. The van der Waals surface area contributed by atoms with Crippen LogP contribution < -0.4 is 10.6 Å². The van der Waals surface area contributed by atoms with Crippen molar-refractivity contribution < 1.29 is 9.32 Å². The Morgan fingerprint density at radius 3 is 2.74 bits per heavy atom. The third-order valence-electron chi connectivity index (χ3n) is 2.88. The highest BCUT2D eigenvalue weighted by atomic mass is 35.5. The van der Waals surface area contributed by atoms with E-state index < -0.39 is 0 Å². The molecule has 1 unspecified atom stereocenters. The molecule has 0 aliphatic rings. The highest BCUT2D eigenvalue weighted by molar-refractivity contribution is 5.91. The fraction of sp³-hybridized carbons (Fsp3) is 0.692. The topological polar surface area (TPSA) is 67.2 Å². The molecule has 1 rings (SSSR count). The van der Waals surface area contributed by atoms with Gasteiger partial charge in [-0.2, -0.15) is 0 Å². The van der Waals surface area contributed by atoms with Crippen molar-refractivity contribution >= 4 is 18.3 Å². The van der Waals surface area contributed by atoms with Gasteiger partial charge in [0.1, 0.15) is 0 Å². The second-order valence-corrected chi connectivity index (χ2v) is 4.43. The highest BCUT2D eigenvalue weighted by Gasteiger charge is 2.15. The summed E-state index contributed by atoms with van der Waals surface area (Å²) in [4.78, 5) is 11.7. The van der Waals surface area contributed by atoms with Crippen LogP contribution >= 0.6 is 12.4 Å². The highest BCUT2D eigenvalue weighted by Crippen LogP contribution is 2.17. The van der Waals surface area contributed by atoms with Gasteiger partial charge in [0, 0.05) is 25.1 Å². The first kappa shape index (κ1) is 17.9. The minimum absolute atomic E-state index is 0. The fourth-order valence-corrected chi connectivity index (χ4v) is 1.49. The number of hydrogen-bond donors (Lipinski definition) is 2. The maximum absolute atomic E-state index is 11.7. The first-order valence-electron chi connectivity index (χ1n) is 6.64. The van der Waals surface area contributed by atoms with Crippen molar-refractivity contribution in [1.82, 2.24) is 15.8 Å². The predicted octanol–water partition coefficient (Wildman–Crippen LogP) is 2.34. The lowest BCUT2D eigenvalue weighted by molar-refractivity contribution is 0.0917. The first-order valence-corrected chi connectivity index (χ1v) is 6.64. The zero-order valence-electron chi connectivity index (χ0n) is 11.9. The van der Waals surface area contributed by atoms with E-state index in [0.717, 1.165) is 31.6 Å². The van der Waals surface area contributed by atoms with Gasteiger partial charge in [-0.1, -0.05) is 25.9 Å². The van der Waals surface area contributed by atoms with E-state index in [2.05, 4.69) is 36.6 Å². The Balaban J connectivity index is 0.00000324. The minimum atomic E-state index is -0.199. The van der Waals surface area contributed by atoms with Crippen molar-refractivity contribution in [3.63, 3.8) is 0 Å². The van der Waals surface area contributed by atoms with Crippen molar-refractivity contribution in [1.29, 1.82) is 0 Å². The smallest absolute Gasteiger partial charge is 0.289 e. The average Bonchev–Trinajstić information content (AvgIpc) is 2.87. The van der Waals surface area contributed by atoms with Crippen molar-refractivity contribution in [2.45, 2.75) is 39.5 Å². The molecule has 0 spiro atoms. The molecule has 1 aromatic rings. The van der Waals surface area contributed by atoms with E-state index in [1.807, 2.05) is 0 Å². The number of amides is 1. The number of hydrogen-bond acceptors (Lipinski definition) is 4. The Morgan fingerprint density at radius 1 is 1.37 bits per heavy atom. The van der Waals surface area contributed by atoms with Gasteiger partial charge < -0.3 is 15.2 Å². The van der Waals surface area contributed by atoms with Gasteiger partial charge in [0.25, 0.3) is 5.91 Å². The molecule has 2 N–H and O–H groups in total. The van der Waals surface area contributed by atoms with E-state index >= 15 is 0 Å². The third kappa shape index (κ3) is 6.07. The van der Waals surface area contributed by atoms with Crippen molar-refractivity contribution in [3.8, 4) is 0 Å². The molecule has 0 saturated carbocycles. The Morgan fingerprint density at radius 2 is 2.11 bits per heavy atom. The molecule has 1 heterocycles. The largest absolute Gasteiger partial charge is 0.351 e. The molecular weight excluding hydrogens is 266 g/mol. The Hall–Kier alpha value is -1.07. The van der Waals surface area contributed by atoms with E-state index in [4.69, 9.17) is 4.52 Å². The number of nitrogens with zero attached hydrogens (tertiary/aromatic N) is 1. The molecule has 0 fully saturated rings. The zero-order valence-corrected chi connectivity index (χ0v) is 12.7. The van der Waals surface area contributed by atoms with Crippen LogP contribution in [0.25, 0.3) is 0 Å². The van der Waals surface area contributed by atoms with Crippen LogP contribution in [0.2, 0.25) is 0 Å². The third-order valence-corrected chi connectivity index (χ3v) is 2.88. The van der Waals surface area contributed by atoms with Crippen LogP contribution in [0.15, 0.2) is 10.6 Å². The molecule has 110 valence electrons. The number of halogens is 1. The van der Waals surface area contributed by atoms with Crippen LogP contribution in [0.5, 0.6) is 0 Å². The Kier molecular flexibility index (Phi) is 9.26. The maximum atomic E-state index is 11.7. The van der Waals surface area contributed by atoms with Crippen LogP contribution in [-0.2, 0) is 0 Å². The van der Waals surface area contributed by atoms with E-state index in [1.54, 1.807) is 6.07 Å². The fourth-order valence-electron chi connectivity index (χ4n) is 1.49. The molecule has 0 radical (unpaired) electrons. The molecule has 6 heteroatoms. The van der Waals surface area contributed by atoms with Gasteiger partial charge >= 0.3 is 0 Å². The molecule has 0 saturated heterocycles. The van der Waals surface area contributed by atoms with Gasteiger partial charge in [-0.25, -0.2) is 0 Å². The van der Waals surface area contributed by atoms with Gasteiger partial charge in [-0.05, 0) is 19.4 Å². The van der Waals surface area contributed by atoms with Crippen LogP contribution in [0.4, 0.5) is 0 Å². The summed E-state index contributed by atoms with van der Waals surface area (Å²) in [6.07, 6.45) is 2.07. The molecule has 0 bridgehead atoms.